The third-order valence-corrected chi connectivity index (χ3v) is 3.44. The van der Waals surface area contributed by atoms with Gasteiger partial charge in [-0.1, -0.05) is 6.08 Å². The third-order valence-electron chi connectivity index (χ3n) is 3.44. The third kappa shape index (κ3) is 1.99. The van der Waals surface area contributed by atoms with Crippen molar-refractivity contribution in [2.24, 2.45) is 5.92 Å². The van der Waals surface area contributed by atoms with Crippen molar-refractivity contribution in [3.05, 3.63) is 47.7 Å². The second kappa shape index (κ2) is 4.46. The Balaban J connectivity index is 1.97. The largest absolute Gasteiger partial charge is 0.494 e. The van der Waals surface area contributed by atoms with Gasteiger partial charge in [0.15, 0.2) is 5.78 Å². The van der Waals surface area contributed by atoms with Crippen LogP contribution in [0.15, 0.2) is 42.2 Å². The number of ether oxygens (including phenoxy) is 1. The molecule has 1 aromatic rings. The van der Waals surface area contributed by atoms with Crippen LogP contribution in [0.1, 0.15) is 17.3 Å². The van der Waals surface area contributed by atoms with Crippen molar-refractivity contribution in [2.45, 2.75) is 13.0 Å². The maximum Gasteiger partial charge on any atom is 0.174 e. The first-order valence-electron chi connectivity index (χ1n) is 6.42. The number of nitrogen functional groups attached to an aromatic ring is 1. The van der Waals surface area contributed by atoms with Crippen LogP contribution in [0, 0.1) is 5.92 Å². The SMILES string of the molecule is CCOC1=CC2C(=O)c3ccc(N)cc3NC2C=C1. The Hall–Kier alpha value is -2.23. The summed E-state index contributed by atoms with van der Waals surface area (Å²) in [6, 6.07) is 5.32. The van der Waals surface area contributed by atoms with E-state index in [-0.39, 0.29) is 17.7 Å². The minimum absolute atomic E-state index is 0.0222. The number of hydrogen-bond donors (Lipinski definition) is 2. The molecule has 0 aromatic heterocycles. The number of rotatable bonds is 2. The van der Waals surface area contributed by atoms with Gasteiger partial charge in [-0.2, -0.15) is 0 Å². The Labute approximate surface area is 111 Å². The molecule has 2 unspecified atom stereocenters. The lowest BCUT2D eigenvalue weighted by atomic mass is 9.83. The molecule has 2 atom stereocenters. The molecule has 0 saturated heterocycles. The molecule has 4 heteroatoms. The van der Waals surface area contributed by atoms with Gasteiger partial charge in [-0.15, -0.1) is 0 Å². The number of carbonyl (C=O) groups excluding carboxylic acids is 1. The van der Waals surface area contributed by atoms with E-state index in [1.807, 2.05) is 25.2 Å². The smallest absolute Gasteiger partial charge is 0.174 e. The zero-order chi connectivity index (χ0) is 13.4. The highest BCUT2D eigenvalue weighted by Gasteiger charge is 2.34. The second-order valence-electron chi connectivity index (χ2n) is 4.73. The number of carbonyl (C=O) groups is 1. The van der Waals surface area contributed by atoms with Gasteiger partial charge in [0.2, 0.25) is 0 Å². The Morgan fingerprint density at radius 3 is 3.05 bits per heavy atom. The molecular formula is C15H16N2O2. The predicted molar refractivity (Wildman–Crippen MR) is 74.9 cm³/mol. The lowest BCUT2D eigenvalue weighted by Gasteiger charge is -2.32. The average molecular weight is 256 g/mol. The van der Waals surface area contributed by atoms with Crippen molar-refractivity contribution < 1.29 is 9.53 Å². The van der Waals surface area contributed by atoms with Gasteiger partial charge >= 0.3 is 0 Å². The van der Waals surface area contributed by atoms with Crippen LogP contribution in [0.2, 0.25) is 0 Å². The molecule has 1 aliphatic carbocycles. The molecule has 0 radical (unpaired) electrons. The van der Waals surface area contributed by atoms with E-state index in [4.69, 9.17) is 10.5 Å². The first kappa shape index (κ1) is 11.8. The van der Waals surface area contributed by atoms with Crippen LogP contribution < -0.4 is 11.1 Å². The number of ketones is 1. The van der Waals surface area contributed by atoms with E-state index in [1.54, 1.807) is 18.2 Å². The first-order chi connectivity index (χ1) is 9.19. The number of fused-ring (bicyclic) bond motifs is 2. The normalized spacial score (nSPS) is 24.1. The van der Waals surface area contributed by atoms with Crippen molar-refractivity contribution in [3.8, 4) is 0 Å². The maximum atomic E-state index is 12.5. The van der Waals surface area contributed by atoms with Gasteiger partial charge in [-0.25, -0.2) is 0 Å². The molecule has 2 aliphatic rings. The summed E-state index contributed by atoms with van der Waals surface area (Å²) in [6.07, 6.45) is 5.77. The van der Waals surface area contributed by atoms with Crippen LogP contribution in [0.3, 0.4) is 0 Å². The lowest BCUT2D eigenvalue weighted by molar-refractivity contribution is 0.0931. The number of anilines is 2. The average Bonchev–Trinajstić information content (AvgIpc) is 2.40. The van der Waals surface area contributed by atoms with Crippen molar-refractivity contribution in [1.82, 2.24) is 0 Å². The summed E-state index contributed by atoms with van der Waals surface area (Å²) in [5.41, 5.74) is 7.91. The second-order valence-corrected chi connectivity index (χ2v) is 4.73. The fraction of sp³-hybridized carbons (Fsp3) is 0.267. The van der Waals surface area contributed by atoms with Crippen molar-refractivity contribution >= 4 is 17.2 Å². The van der Waals surface area contributed by atoms with Crippen molar-refractivity contribution in [2.75, 3.05) is 17.7 Å². The Morgan fingerprint density at radius 2 is 2.26 bits per heavy atom. The van der Waals surface area contributed by atoms with Crippen LogP contribution in [-0.4, -0.2) is 18.4 Å². The minimum atomic E-state index is -0.206. The molecule has 1 aliphatic heterocycles. The monoisotopic (exact) mass is 256 g/mol. The molecule has 3 rings (SSSR count). The summed E-state index contributed by atoms with van der Waals surface area (Å²) in [5.74, 6) is 0.667. The summed E-state index contributed by atoms with van der Waals surface area (Å²) >= 11 is 0. The van der Waals surface area contributed by atoms with Gasteiger partial charge in [0.1, 0.15) is 5.76 Å². The molecule has 0 fully saturated rings. The van der Waals surface area contributed by atoms with E-state index in [2.05, 4.69) is 5.32 Å². The number of nitrogens with two attached hydrogens (primary N) is 1. The maximum absolute atomic E-state index is 12.5. The summed E-state index contributed by atoms with van der Waals surface area (Å²) in [5, 5.41) is 3.35. The number of Topliss-reactive ketones (excluding diaryl/α,β-unsaturated/α-hetero) is 1. The van der Waals surface area contributed by atoms with E-state index >= 15 is 0 Å². The fourth-order valence-electron chi connectivity index (χ4n) is 2.55. The van der Waals surface area contributed by atoms with Gasteiger partial charge in [-0.3, -0.25) is 4.79 Å². The van der Waals surface area contributed by atoms with Crippen LogP contribution in [0.25, 0.3) is 0 Å². The zero-order valence-corrected chi connectivity index (χ0v) is 10.7. The molecule has 0 saturated carbocycles. The van der Waals surface area contributed by atoms with Gasteiger partial charge in [0.05, 0.1) is 18.6 Å². The number of hydrogen-bond acceptors (Lipinski definition) is 4. The first-order valence-corrected chi connectivity index (χ1v) is 6.42. The minimum Gasteiger partial charge on any atom is -0.494 e. The summed E-state index contributed by atoms with van der Waals surface area (Å²) in [6.45, 7) is 2.53. The molecule has 4 nitrogen and oxygen atoms in total. The van der Waals surface area contributed by atoms with E-state index < -0.39 is 0 Å². The molecular weight excluding hydrogens is 240 g/mol. The topological polar surface area (TPSA) is 64.3 Å². The standard InChI is InChI=1S/C15H16N2O2/c1-2-19-10-4-6-13-12(8-10)15(18)11-5-3-9(16)7-14(11)17-13/h3-8,12-13,17H,2,16H2,1H3. The van der Waals surface area contributed by atoms with E-state index in [0.29, 0.717) is 17.9 Å². The molecule has 19 heavy (non-hydrogen) atoms. The Morgan fingerprint density at radius 1 is 1.42 bits per heavy atom. The van der Waals surface area contributed by atoms with Gasteiger partial charge in [0, 0.05) is 16.9 Å². The molecule has 3 N–H and O–H groups in total. The highest BCUT2D eigenvalue weighted by Crippen LogP contribution is 2.33. The fourth-order valence-corrected chi connectivity index (χ4v) is 2.55. The zero-order valence-electron chi connectivity index (χ0n) is 10.7. The number of allylic oxidation sites excluding steroid dienone is 1. The summed E-state index contributed by atoms with van der Waals surface area (Å²) in [4.78, 5) is 12.5. The molecule has 1 aromatic carbocycles. The van der Waals surface area contributed by atoms with Crippen LogP contribution in [0.5, 0.6) is 0 Å². The molecule has 0 spiro atoms. The van der Waals surface area contributed by atoms with Gasteiger partial charge < -0.3 is 15.8 Å². The molecule has 0 bridgehead atoms. The number of benzene rings is 1. The molecule has 1 heterocycles. The van der Waals surface area contributed by atoms with Crippen LogP contribution >= 0.6 is 0 Å². The number of nitrogens with one attached hydrogen (secondary N) is 1. The highest BCUT2D eigenvalue weighted by atomic mass is 16.5. The van der Waals surface area contributed by atoms with Gasteiger partial charge in [0.25, 0.3) is 0 Å². The lowest BCUT2D eigenvalue weighted by Crippen LogP contribution is -2.38. The van der Waals surface area contributed by atoms with E-state index in [1.165, 1.54) is 0 Å². The summed E-state index contributed by atoms with van der Waals surface area (Å²) in [7, 11) is 0. The van der Waals surface area contributed by atoms with Crippen molar-refractivity contribution in [3.63, 3.8) is 0 Å². The molecule has 0 amide bonds. The van der Waals surface area contributed by atoms with Crippen LogP contribution in [-0.2, 0) is 4.74 Å². The van der Waals surface area contributed by atoms with E-state index in [9.17, 15) is 4.79 Å². The Kier molecular flexibility index (Phi) is 2.78. The van der Waals surface area contributed by atoms with E-state index in [0.717, 1.165) is 11.4 Å². The highest BCUT2D eigenvalue weighted by molar-refractivity contribution is 6.07. The Bertz CT molecular complexity index is 590. The predicted octanol–water partition coefficient (Wildman–Crippen LogP) is 2.35. The quantitative estimate of drug-likeness (QED) is 0.797. The summed E-state index contributed by atoms with van der Waals surface area (Å²) < 4.78 is 5.46. The van der Waals surface area contributed by atoms with Gasteiger partial charge in [-0.05, 0) is 37.3 Å². The molecule has 98 valence electrons. The van der Waals surface area contributed by atoms with Crippen LogP contribution in [0.4, 0.5) is 11.4 Å². The van der Waals surface area contributed by atoms with Crippen molar-refractivity contribution in [1.29, 1.82) is 0 Å².